The first-order valence-corrected chi connectivity index (χ1v) is 8.77. The highest BCUT2D eigenvalue weighted by atomic mass is 16.5. The average Bonchev–Trinajstić information content (AvgIpc) is 2.46. The molecule has 0 saturated carbocycles. The van der Waals surface area contributed by atoms with Gasteiger partial charge in [0.25, 0.3) is 0 Å². The molecule has 0 aromatic carbocycles. The van der Waals surface area contributed by atoms with Crippen molar-refractivity contribution >= 4 is 5.97 Å². The van der Waals surface area contributed by atoms with Crippen LogP contribution in [0.2, 0.25) is 0 Å². The number of rotatable bonds is 17. The van der Waals surface area contributed by atoms with E-state index in [1.807, 2.05) is 0 Å². The second kappa shape index (κ2) is 17.4. The Bertz CT molecular complexity index is 222. The third-order valence-electron chi connectivity index (χ3n) is 3.53. The minimum atomic E-state index is -0.781. The molecule has 4 nitrogen and oxygen atoms in total. The summed E-state index contributed by atoms with van der Waals surface area (Å²) >= 11 is 0. The van der Waals surface area contributed by atoms with E-state index in [-0.39, 0.29) is 6.42 Å². The van der Waals surface area contributed by atoms with E-state index in [0.717, 1.165) is 13.0 Å². The van der Waals surface area contributed by atoms with Crippen LogP contribution in [-0.2, 0) is 9.53 Å². The Hall–Kier alpha value is -0.610. The molecule has 0 unspecified atom stereocenters. The van der Waals surface area contributed by atoms with E-state index >= 15 is 0 Å². The number of carboxylic acid groups (broad SMARTS) is 1. The van der Waals surface area contributed by atoms with E-state index in [2.05, 4.69) is 12.2 Å². The van der Waals surface area contributed by atoms with E-state index in [1.54, 1.807) is 0 Å². The molecule has 0 rings (SSSR count). The summed E-state index contributed by atoms with van der Waals surface area (Å²) in [7, 11) is 0. The number of aliphatic carboxylic acids is 1. The fourth-order valence-electron chi connectivity index (χ4n) is 2.25. The lowest BCUT2D eigenvalue weighted by Crippen LogP contribution is -2.15. The number of hydrogen-bond acceptors (Lipinski definition) is 3. The van der Waals surface area contributed by atoms with Crippen molar-refractivity contribution in [1.29, 1.82) is 0 Å². The first kappa shape index (κ1) is 20.4. The van der Waals surface area contributed by atoms with Crippen molar-refractivity contribution in [3.8, 4) is 0 Å². The summed E-state index contributed by atoms with van der Waals surface area (Å²) < 4.78 is 5.26. The monoisotopic (exact) mass is 301 g/mol. The molecule has 4 heteroatoms. The predicted octanol–water partition coefficient (Wildman–Crippen LogP) is 3.99. The van der Waals surface area contributed by atoms with Gasteiger partial charge >= 0.3 is 5.97 Å². The predicted molar refractivity (Wildman–Crippen MR) is 87.8 cm³/mol. The molecule has 0 saturated heterocycles. The van der Waals surface area contributed by atoms with Crippen molar-refractivity contribution < 1.29 is 14.6 Å². The van der Waals surface area contributed by atoms with Crippen LogP contribution in [0.1, 0.15) is 77.6 Å². The molecule has 0 heterocycles. The Morgan fingerprint density at radius 3 is 2.00 bits per heavy atom. The first-order chi connectivity index (χ1) is 10.3. The van der Waals surface area contributed by atoms with Gasteiger partial charge in [-0.05, 0) is 32.4 Å². The Kier molecular flexibility index (Phi) is 16.9. The van der Waals surface area contributed by atoms with E-state index < -0.39 is 5.97 Å². The normalized spacial score (nSPS) is 10.9. The first-order valence-electron chi connectivity index (χ1n) is 8.77. The van der Waals surface area contributed by atoms with Gasteiger partial charge in [-0.3, -0.25) is 4.79 Å². The number of carboxylic acids is 1. The van der Waals surface area contributed by atoms with Gasteiger partial charge in [-0.2, -0.15) is 0 Å². The van der Waals surface area contributed by atoms with Crippen LogP contribution < -0.4 is 5.32 Å². The Morgan fingerprint density at radius 2 is 1.43 bits per heavy atom. The van der Waals surface area contributed by atoms with Gasteiger partial charge in [0.2, 0.25) is 0 Å². The number of nitrogens with one attached hydrogen (secondary N) is 1. The lowest BCUT2D eigenvalue weighted by Gasteiger charge is -2.04. The molecule has 0 fully saturated rings. The largest absolute Gasteiger partial charge is 0.481 e. The summed E-state index contributed by atoms with van der Waals surface area (Å²) in [6.45, 7) is 5.59. The van der Waals surface area contributed by atoms with Gasteiger partial charge in [0.1, 0.15) is 0 Å². The molecular weight excluding hydrogens is 266 g/mol. The molecule has 0 radical (unpaired) electrons. The summed E-state index contributed by atoms with van der Waals surface area (Å²) in [5.74, 6) is -0.781. The second-order valence-electron chi connectivity index (χ2n) is 5.69. The topological polar surface area (TPSA) is 58.6 Å². The van der Waals surface area contributed by atoms with E-state index in [9.17, 15) is 4.79 Å². The molecule has 0 spiro atoms. The van der Waals surface area contributed by atoms with Crippen LogP contribution in [0, 0.1) is 0 Å². The van der Waals surface area contributed by atoms with Crippen LogP contribution in [0.3, 0.4) is 0 Å². The summed E-state index contributed by atoms with van der Waals surface area (Å²) in [5, 5.41) is 11.9. The number of carbonyl (C=O) groups is 1. The van der Waals surface area contributed by atoms with Crippen molar-refractivity contribution in [2.24, 2.45) is 0 Å². The summed E-state index contributed by atoms with van der Waals surface area (Å²) in [6.07, 6.45) is 13.0. The van der Waals surface area contributed by atoms with E-state index in [1.165, 1.54) is 64.3 Å². The maximum absolute atomic E-state index is 10.3. The molecular formula is C17H35NO3. The van der Waals surface area contributed by atoms with Crippen LogP contribution in [0.4, 0.5) is 0 Å². The summed E-state index contributed by atoms with van der Waals surface area (Å²) in [6, 6.07) is 0. The zero-order chi connectivity index (χ0) is 15.6. The van der Waals surface area contributed by atoms with Gasteiger partial charge in [-0.15, -0.1) is 0 Å². The maximum atomic E-state index is 10.3. The quantitative estimate of drug-likeness (QED) is 0.399. The van der Waals surface area contributed by atoms with Crippen LogP contribution in [0.5, 0.6) is 0 Å². The van der Waals surface area contributed by atoms with E-state index in [4.69, 9.17) is 9.84 Å². The SMILES string of the molecule is CCCNCCCCCCCCCCCOCCC(=O)O. The third kappa shape index (κ3) is 19.4. The van der Waals surface area contributed by atoms with Gasteiger partial charge in [-0.25, -0.2) is 0 Å². The van der Waals surface area contributed by atoms with E-state index in [0.29, 0.717) is 13.2 Å². The highest BCUT2D eigenvalue weighted by Gasteiger charge is 1.96. The van der Waals surface area contributed by atoms with Gasteiger partial charge < -0.3 is 15.2 Å². The highest BCUT2D eigenvalue weighted by Crippen LogP contribution is 2.09. The fraction of sp³-hybridized carbons (Fsp3) is 0.941. The highest BCUT2D eigenvalue weighted by molar-refractivity contribution is 5.66. The molecule has 0 amide bonds. The van der Waals surface area contributed by atoms with Crippen molar-refractivity contribution in [2.45, 2.75) is 77.6 Å². The van der Waals surface area contributed by atoms with Crippen LogP contribution in [0.25, 0.3) is 0 Å². The molecule has 0 atom stereocenters. The van der Waals surface area contributed by atoms with Gasteiger partial charge in [0.15, 0.2) is 0 Å². The molecule has 2 N–H and O–H groups in total. The van der Waals surface area contributed by atoms with Gasteiger partial charge in [0, 0.05) is 6.61 Å². The second-order valence-corrected chi connectivity index (χ2v) is 5.69. The molecule has 21 heavy (non-hydrogen) atoms. The molecule has 0 bridgehead atoms. The molecule has 126 valence electrons. The van der Waals surface area contributed by atoms with Gasteiger partial charge in [-0.1, -0.05) is 51.9 Å². The van der Waals surface area contributed by atoms with Crippen molar-refractivity contribution in [3.05, 3.63) is 0 Å². The van der Waals surface area contributed by atoms with Gasteiger partial charge in [0.05, 0.1) is 13.0 Å². The zero-order valence-corrected chi connectivity index (χ0v) is 13.9. The third-order valence-corrected chi connectivity index (χ3v) is 3.53. The van der Waals surface area contributed by atoms with Crippen molar-refractivity contribution in [2.75, 3.05) is 26.3 Å². The maximum Gasteiger partial charge on any atom is 0.305 e. The van der Waals surface area contributed by atoms with Crippen LogP contribution in [0.15, 0.2) is 0 Å². The van der Waals surface area contributed by atoms with Crippen LogP contribution >= 0.6 is 0 Å². The number of unbranched alkanes of at least 4 members (excludes halogenated alkanes) is 8. The smallest absolute Gasteiger partial charge is 0.305 e. The lowest BCUT2D eigenvalue weighted by molar-refractivity contribution is -0.138. The summed E-state index contributed by atoms with van der Waals surface area (Å²) in [5.41, 5.74) is 0. The average molecular weight is 301 g/mol. The number of ether oxygens (including phenoxy) is 1. The standard InChI is InChI=1S/C17H35NO3/c1-2-13-18-14-10-8-6-4-3-5-7-9-11-15-21-16-12-17(19)20/h18H,2-16H2,1H3,(H,19,20). The zero-order valence-electron chi connectivity index (χ0n) is 13.9. The Morgan fingerprint density at radius 1 is 0.857 bits per heavy atom. The number of hydrogen-bond donors (Lipinski definition) is 2. The Balaban J connectivity index is 2.95. The minimum Gasteiger partial charge on any atom is -0.481 e. The van der Waals surface area contributed by atoms with Crippen LogP contribution in [-0.4, -0.2) is 37.4 Å². The van der Waals surface area contributed by atoms with Crippen molar-refractivity contribution in [1.82, 2.24) is 5.32 Å². The molecule has 0 aromatic heterocycles. The molecule has 0 aliphatic carbocycles. The molecule has 0 aliphatic heterocycles. The van der Waals surface area contributed by atoms with Crippen molar-refractivity contribution in [3.63, 3.8) is 0 Å². The Labute approximate surface area is 130 Å². The fourth-order valence-corrected chi connectivity index (χ4v) is 2.25. The summed E-state index contributed by atoms with van der Waals surface area (Å²) in [4.78, 5) is 10.3. The molecule has 0 aliphatic rings. The minimum absolute atomic E-state index is 0.119. The molecule has 0 aromatic rings. The lowest BCUT2D eigenvalue weighted by atomic mass is 10.1.